The van der Waals surface area contributed by atoms with E-state index in [1.165, 1.54) is 0 Å². The fraction of sp³-hybridized carbons (Fsp3) is 0.0909. The predicted octanol–water partition coefficient (Wildman–Crippen LogP) is 3.53. The van der Waals surface area contributed by atoms with Gasteiger partial charge in [0.05, 0.1) is 16.6 Å². The number of carbonyl (C=O) groups is 1. The molecule has 0 aliphatic heterocycles. The number of aromatic nitrogens is 3. The Labute approximate surface area is 177 Å². The average molecular weight is 419 g/mol. The highest BCUT2D eigenvalue weighted by atomic mass is 35.5. The maximum atomic E-state index is 12.8. The lowest BCUT2D eigenvalue weighted by Gasteiger charge is -2.08. The minimum Gasteiger partial charge on any atom is -0.384 e. The molecule has 0 spiro atoms. The highest BCUT2D eigenvalue weighted by molar-refractivity contribution is 6.30. The predicted molar refractivity (Wildman–Crippen MR) is 118 cm³/mol. The van der Waals surface area contributed by atoms with Gasteiger partial charge in [0.15, 0.2) is 5.82 Å². The smallest absolute Gasteiger partial charge is 0.253 e. The molecule has 0 fully saturated rings. The van der Waals surface area contributed by atoms with Crippen molar-refractivity contribution in [2.75, 3.05) is 6.54 Å². The number of benzene rings is 2. The largest absolute Gasteiger partial charge is 0.384 e. The number of fused-ring (bicyclic) bond motifs is 1. The van der Waals surface area contributed by atoms with Crippen LogP contribution < -0.4 is 11.1 Å². The van der Waals surface area contributed by atoms with Gasteiger partial charge in [-0.15, -0.1) is 0 Å². The number of nitrogens with one attached hydrogen (secondary N) is 3. The first-order valence-electron chi connectivity index (χ1n) is 9.33. The van der Waals surface area contributed by atoms with Gasteiger partial charge in [0, 0.05) is 23.3 Å². The van der Waals surface area contributed by atoms with Gasteiger partial charge in [0.2, 0.25) is 0 Å². The van der Waals surface area contributed by atoms with E-state index in [0.29, 0.717) is 46.2 Å². The molecule has 1 amide bonds. The van der Waals surface area contributed by atoms with Crippen LogP contribution in [0.4, 0.5) is 0 Å². The number of amidine groups is 1. The summed E-state index contributed by atoms with van der Waals surface area (Å²) in [6.07, 6.45) is 2.31. The lowest BCUT2D eigenvalue weighted by molar-refractivity contribution is 0.0954. The molecular formula is C22H19ClN6O. The quantitative estimate of drug-likeness (QED) is 0.282. The third-order valence-electron chi connectivity index (χ3n) is 4.68. The second-order valence-corrected chi connectivity index (χ2v) is 7.20. The molecule has 2 aromatic heterocycles. The molecule has 0 radical (unpaired) electrons. The molecule has 4 rings (SSSR count). The van der Waals surface area contributed by atoms with Gasteiger partial charge < -0.3 is 16.0 Å². The van der Waals surface area contributed by atoms with Crippen LogP contribution in [0.15, 0.2) is 60.8 Å². The van der Waals surface area contributed by atoms with Gasteiger partial charge in [-0.25, -0.2) is 4.98 Å². The summed E-state index contributed by atoms with van der Waals surface area (Å²) in [5, 5.41) is 11.2. The molecule has 0 unspecified atom stereocenters. The van der Waals surface area contributed by atoms with Crippen LogP contribution in [0, 0.1) is 5.41 Å². The molecule has 7 nitrogen and oxygen atoms in total. The molecule has 0 aliphatic carbocycles. The van der Waals surface area contributed by atoms with E-state index in [4.69, 9.17) is 22.7 Å². The van der Waals surface area contributed by atoms with Crippen LogP contribution in [0.2, 0.25) is 5.02 Å². The highest BCUT2D eigenvalue weighted by Gasteiger charge is 2.17. The summed E-state index contributed by atoms with van der Waals surface area (Å²) in [5.74, 6) is 0.228. The SMILES string of the molecule is N=C(N)c1ccc2[nH]c(-c3ncccc3C(=O)NCCc3ccc(Cl)cc3)nc2c1. The van der Waals surface area contributed by atoms with Crippen LogP contribution >= 0.6 is 11.6 Å². The van der Waals surface area contributed by atoms with Crippen molar-refractivity contribution < 1.29 is 4.79 Å². The average Bonchev–Trinajstić information content (AvgIpc) is 3.18. The summed E-state index contributed by atoms with van der Waals surface area (Å²) in [6.45, 7) is 0.483. The maximum Gasteiger partial charge on any atom is 0.253 e. The number of aromatic amines is 1. The molecule has 0 bridgehead atoms. The number of nitrogens with zero attached hydrogens (tertiary/aromatic N) is 2. The number of nitrogens with two attached hydrogens (primary N) is 1. The Kier molecular flexibility index (Phi) is 5.45. The fourth-order valence-corrected chi connectivity index (χ4v) is 3.26. The number of hydrogen-bond donors (Lipinski definition) is 4. The molecular weight excluding hydrogens is 400 g/mol. The van der Waals surface area contributed by atoms with E-state index in [0.717, 1.165) is 11.1 Å². The molecule has 0 atom stereocenters. The zero-order chi connectivity index (χ0) is 21.1. The monoisotopic (exact) mass is 418 g/mol. The minimum absolute atomic E-state index is 0.0277. The molecule has 2 aromatic carbocycles. The zero-order valence-electron chi connectivity index (χ0n) is 15.9. The van der Waals surface area contributed by atoms with Crippen LogP contribution in [0.3, 0.4) is 0 Å². The van der Waals surface area contributed by atoms with E-state index in [-0.39, 0.29) is 11.7 Å². The topological polar surface area (TPSA) is 121 Å². The molecule has 30 heavy (non-hydrogen) atoms. The summed E-state index contributed by atoms with van der Waals surface area (Å²) in [5.41, 5.74) is 9.54. The Bertz CT molecular complexity index is 1230. The maximum absolute atomic E-state index is 12.8. The second kappa shape index (κ2) is 8.34. The first kappa shape index (κ1) is 19.6. The molecule has 150 valence electrons. The van der Waals surface area contributed by atoms with Crippen LogP contribution in [0.25, 0.3) is 22.6 Å². The lowest BCUT2D eigenvalue weighted by Crippen LogP contribution is -2.26. The Hall–Kier alpha value is -3.71. The zero-order valence-corrected chi connectivity index (χ0v) is 16.7. The molecule has 0 saturated carbocycles. The Balaban J connectivity index is 1.54. The number of nitrogen functional groups attached to an aromatic ring is 1. The van der Waals surface area contributed by atoms with Gasteiger partial charge in [-0.3, -0.25) is 15.2 Å². The van der Waals surface area contributed by atoms with Crippen molar-refractivity contribution in [3.63, 3.8) is 0 Å². The minimum atomic E-state index is -0.225. The second-order valence-electron chi connectivity index (χ2n) is 6.76. The number of amides is 1. The lowest BCUT2D eigenvalue weighted by atomic mass is 10.1. The Morgan fingerprint density at radius 1 is 1.17 bits per heavy atom. The Morgan fingerprint density at radius 3 is 2.73 bits per heavy atom. The first-order valence-corrected chi connectivity index (χ1v) is 9.71. The molecule has 4 aromatic rings. The number of H-pyrrole nitrogens is 1. The van der Waals surface area contributed by atoms with Crippen molar-refractivity contribution in [1.29, 1.82) is 5.41 Å². The van der Waals surface area contributed by atoms with Gasteiger partial charge in [0.1, 0.15) is 11.5 Å². The number of halogens is 1. The van der Waals surface area contributed by atoms with Crippen molar-refractivity contribution in [1.82, 2.24) is 20.3 Å². The summed E-state index contributed by atoms with van der Waals surface area (Å²) in [6, 6.07) is 16.2. The number of rotatable bonds is 6. The Morgan fingerprint density at radius 2 is 1.97 bits per heavy atom. The van der Waals surface area contributed by atoms with Gasteiger partial charge in [-0.2, -0.15) is 0 Å². The van der Waals surface area contributed by atoms with Gasteiger partial charge in [-0.05, 0) is 54.4 Å². The molecule has 5 N–H and O–H groups in total. The van der Waals surface area contributed by atoms with Crippen molar-refractivity contribution >= 4 is 34.4 Å². The molecule has 2 heterocycles. The van der Waals surface area contributed by atoms with E-state index in [9.17, 15) is 4.79 Å². The third kappa shape index (κ3) is 4.16. The fourth-order valence-electron chi connectivity index (χ4n) is 3.13. The van der Waals surface area contributed by atoms with Crippen molar-refractivity contribution in [2.24, 2.45) is 5.73 Å². The summed E-state index contributed by atoms with van der Waals surface area (Å²) in [7, 11) is 0. The van der Waals surface area contributed by atoms with E-state index < -0.39 is 0 Å². The number of pyridine rings is 1. The summed E-state index contributed by atoms with van der Waals surface area (Å²) < 4.78 is 0. The molecule has 0 saturated heterocycles. The van der Waals surface area contributed by atoms with Gasteiger partial charge in [0.25, 0.3) is 5.91 Å². The van der Waals surface area contributed by atoms with E-state index >= 15 is 0 Å². The number of carbonyl (C=O) groups excluding carboxylic acids is 1. The van der Waals surface area contributed by atoms with E-state index in [1.807, 2.05) is 24.3 Å². The van der Waals surface area contributed by atoms with Crippen molar-refractivity contribution in [2.45, 2.75) is 6.42 Å². The number of imidazole rings is 1. The molecule has 8 heteroatoms. The van der Waals surface area contributed by atoms with Gasteiger partial charge in [-0.1, -0.05) is 23.7 Å². The normalized spacial score (nSPS) is 10.8. The van der Waals surface area contributed by atoms with Crippen LogP contribution in [0.1, 0.15) is 21.5 Å². The van der Waals surface area contributed by atoms with E-state index in [1.54, 1.807) is 36.5 Å². The van der Waals surface area contributed by atoms with Crippen LogP contribution in [-0.2, 0) is 6.42 Å². The van der Waals surface area contributed by atoms with E-state index in [2.05, 4.69) is 20.3 Å². The van der Waals surface area contributed by atoms with Crippen molar-refractivity contribution in [3.05, 3.63) is 82.5 Å². The third-order valence-corrected chi connectivity index (χ3v) is 4.94. The van der Waals surface area contributed by atoms with Crippen LogP contribution in [-0.4, -0.2) is 33.2 Å². The number of hydrogen-bond acceptors (Lipinski definition) is 4. The summed E-state index contributed by atoms with van der Waals surface area (Å²) >= 11 is 5.90. The summed E-state index contributed by atoms with van der Waals surface area (Å²) in [4.78, 5) is 24.9. The molecule has 0 aliphatic rings. The highest BCUT2D eigenvalue weighted by Crippen LogP contribution is 2.22. The van der Waals surface area contributed by atoms with Crippen LogP contribution in [0.5, 0.6) is 0 Å². The standard InChI is InChI=1S/C22H19ClN6O/c23-15-6-3-13(4-7-15)9-11-27-22(30)16-2-1-10-26-19(16)21-28-17-8-5-14(20(24)25)12-18(17)29-21/h1-8,10,12H,9,11H2,(H3,24,25)(H,27,30)(H,28,29). The van der Waals surface area contributed by atoms with Gasteiger partial charge >= 0.3 is 0 Å². The first-order chi connectivity index (χ1) is 14.5. The van der Waals surface area contributed by atoms with Crippen molar-refractivity contribution in [3.8, 4) is 11.5 Å².